The van der Waals surface area contributed by atoms with E-state index in [-0.39, 0.29) is 0 Å². The van der Waals surface area contributed by atoms with Crippen LogP contribution in [0.5, 0.6) is 0 Å². The Labute approximate surface area is 36.0 Å². The predicted octanol–water partition coefficient (Wildman–Crippen LogP) is -0.412. The Morgan fingerprint density at radius 3 is 3.17 bits per heavy atom. The van der Waals surface area contributed by atoms with E-state index < -0.39 is 0 Å². The van der Waals surface area contributed by atoms with Gasteiger partial charge in [-0.3, -0.25) is 0 Å². The van der Waals surface area contributed by atoms with E-state index in [0.29, 0.717) is 6.73 Å². The molecule has 1 rings (SSSR count). The van der Waals surface area contributed by atoms with Gasteiger partial charge in [0, 0.05) is 0 Å². The van der Waals surface area contributed by atoms with Crippen LogP contribution in [0.15, 0.2) is 4.99 Å². The van der Waals surface area contributed by atoms with E-state index >= 15 is 0 Å². The summed E-state index contributed by atoms with van der Waals surface area (Å²) >= 11 is 0. The third kappa shape index (κ3) is 0.687. The quantitative estimate of drug-likeness (QED) is 0.433. The van der Waals surface area contributed by atoms with Crippen molar-refractivity contribution < 1.29 is 4.74 Å². The van der Waals surface area contributed by atoms with E-state index in [1.165, 1.54) is 6.34 Å². The van der Waals surface area contributed by atoms with Crippen LogP contribution < -0.4 is 5.32 Å². The monoisotopic (exact) mass is 84.0 g/mol. The first-order valence-electron chi connectivity index (χ1n) is 1.61. The predicted molar refractivity (Wildman–Crippen MR) is 20.8 cm³/mol. The van der Waals surface area contributed by atoms with Crippen molar-refractivity contribution in [2.24, 2.45) is 4.99 Å². The minimum atomic E-state index is 0.396. The van der Waals surface area contributed by atoms with Gasteiger partial charge in [0.05, 0.1) is 6.34 Å². The van der Waals surface area contributed by atoms with Crippen LogP contribution in [0, 0.1) is 6.73 Å². The summed E-state index contributed by atoms with van der Waals surface area (Å²) in [7, 11) is 0. The van der Waals surface area contributed by atoms with Crippen molar-refractivity contribution in [2.75, 3.05) is 6.73 Å². The third-order valence-corrected chi connectivity index (χ3v) is 0.426. The van der Waals surface area contributed by atoms with Gasteiger partial charge in [-0.2, -0.15) is 0 Å². The number of ether oxygens (including phenoxy) is 1. The van der Waals surface area contributed by atoms with Crippen molar-refractivity contribution in [1.29, 1.82) is 0 Å². The molecule has 1 aliphatic rings. The molecule has 0 saturated carbocycles. The maximum absolute atomic E-state index is 4.51. The van der Waals surface area contributed by atoms with Crippen LogP contribution in [0.3, 0.4) is 0 Å². The van der Waals surface area contributed by atoms with E-state index in [4.69, 9.17) is 0 Å². The number of hydrogen-bond acceptors (Lipinski definition) is 3. The SMILES string of the molecule is [C]1NC=NCO1. The van der Waals surface area contributed by atoms with Gasteiger partial charge in [0.25, 0.3) is 0 Å². The Bertz CT molecular complexity index is 53.8. The lowest BCUT2D eigenvalue weighted by Gasteiger charge is -2.00. The van der Waals surface area contributed by atoms with Gasteiger partial charge in [0.15, 0.2) is 0 Å². The molecule has 32 valence electrons. The Hall–Kier alpha value is -0.570. The zero-order valence-corrected chi connectivity index (χ0v) is 3.14. The lowest BCUT2D eigenvalue weighted by molar-refractivity contribution is 0.190. The highest BCUT2D eigenvalue weighted by Gasteiger charge is 1.87. The normalized spacial score (nSPS) is 20.0. The van der Waals surface area contributed by atoms with Gasteiger partial charge in [0.2, 0.25) is 6.73 Å². The summed E-state index contributed by atoms with van der Waals surface area (Å²) in [5, 5.41) is 2.52. The highest BCUT2D eigenvalue weighted by molar-refractivity contribution is 5.55. The summed E-state index contributed by atoms with van der Waals surface area (Å²) in [5.41, 5.74) is 0. The largest absolute Gasteiger partial charge is 0.340 e. The minimum Gasteiger partial charge on any atom is -0.340 e. The lowest BCUT2D eigenvalue weighted by atomic mass is 11.0. The molecule has 0 aromatic carbocycles. The molecule has 0 aromatic heterocycles. The van der Waals surface area contributed by atoms with Gasteiger partial charge in [-0.15, -0.1) is 0 Å². The Kier molecular flexibility index (Phi) is 1.06. The van der Waals surface area contributed by atoms with Crippen LogP contribution in [0.1, 0.15) is 0 Å². The number of hydrogen-bond donors (Lipinski definition) is 1. The van der Waals surface area contributed by atoms with E-state index in [2.05, 4.69) is 21.8 Å². The summed E-state index contributed by atoms with van der Waals surface area (Å²) in [4.78, 5) is 3.66. The molecule has 1 aliphatic heterocycles. The highest BCUT2D eigenvalue weighted by Crippen LogP contribution is 1.79. The average Bonchev–Trinajstić information content (AvgIpc) is 1.72. The van der Waals surface area contributed by atoms with Gasteiger partial charge < -0.3 is 10.1 Å². The van der Waals surface area contributed by atoms with Crippen molar-refractivity contribution in [3.8, 4) is 0 Å². The zero-order chi connectivity index (χ0) is 4.24. The van der Waals surface area contributed by atoms with Crippen molar-refractivity contribution in [3.05, 3.63) is 6.73 Å². The smallest absolute Gasteiger partial charge is 0.249 e. The molecule has 3 nitrogen and oxygen atoms in total. The van der Waals surface area contributed by atoms with Crippen LogP contribution in [-0.4, -0.2) is 13.1 Å². The molecule has 1 N–H and O–H groups in total. The van der Waals surface area contributed by atoms with Crippen LogP contribution in [0.2, 0.25) is 0 Å². The van der Waals surface area contributed by atoms with Crippen LogP contribution in [-0.2, 0) is 4.74 Å². The number of nitrogens with one attached hydrogen (secondary N) is 1. The van der Waals surface area contributed by atoms with Crippen molar-refractivity contribution >= 4 is 6.34 Å². The standard InChI is InChI=1S/C3H4N2O/c1-4-2-6-3-5-1/h1H,2H2,(H,4,5). The van der Waals surface area contributed by atoms with Crippen LogP contribution in [0.4, 0.5) is 0 Å². The van der Waals surface area contributed by atoms with Crippen LogP contribution in [0.25, 0.3) is 0 Å². The molecular formula is C3H4N2O. The maximum Gasteiger partial charge on any atom is 0.249 e. The number of rotatable bonds is 0. The summed E-state index contributed by atoms with van der Waals surface area (Å²) in [6, 6.07) is 0. The molecule has 6 heavy (non-hydrogen) atoms. The number of aliphatic imine (C=N–C) groups is 1. The molecule has 0 aliphatic carbocycles. The van der Waals surface area contributed by atoms with Crippen molar-refractivity contribution in [1.82, 2.24) is 5.32 Å². The molecule has 0 aromatic rings. The van der Waals surface area contributed by atoms with Gasteiger partial charge in [0.1, 0.15) is 6.73 Å². The average molecular weight is 84.1 g/mol. The van der Waals surface area contributed by atoms with Gasteiger partial charge in [-0.25, -0.2) is 4.99 Å². The maximum atomic E-state index is 4.51. The fourth-order valence-electron chi connectivity index (χ4n) is 0.220. The lowest BCUT2D eigenvalue weighted by Crippen LogP contribution is -2.14. The second kappa shape index (κ2) is 1.77. The fourth-order valence-corrected chi connectivity index (χ4v) is 0.220. The second-order valence-corrected chi connectivity index (χ2v) is 0.832. The molecular weight excluding hydrogens is 80.0 g/mol. The summed E-state index contributed by atoms with van der Waals surface area (Å²) in [6.07, 6.45) is 1.53. The summed E-state index contributed by atoms with van der Waals surface area (Å²) < 4.78 is 4.51. The first-order valence-corrected chi connectivity index (χ1v) is 1.61. The Balaban J connectivity index is 2.26. The van der Waals surface area contributed by atoms with E-state index in [1.54, 1.807) is 0 Å². The first-order chi connectivity index (χ1) is 3.00. The molecule has 0 spiro atoms. The molecule has 1 heterocycles. The summed E-state index contributed by atoms with van der Waals surface area (Å²) in [5.74, 6) is 0. The number of nitrogens with zero attached hydrogens (tertiary/aromatic N) is 1. The first kappa shape index (κ1) is 3.61. The molecule has 0 saturated heterocycles. The molecule has 0 bridgehead atoms. The fraction of sp³-hybridized carbons (Fsp3) is 0.333. The van der Waals surface area contributed by atoms with E-state index in [9.17, 15) is 0 Å². The van der Waals surface area contributed by atoms with Crippen molar-refractivity contribution in [2.45, 2.75) is 0 Å². The van der Waals surface area contributed by atoms with E-state index in [1.807, 2.05) is 0 Å². The second-order valence-electron chi connectivity index (χ2n) is 0.832. The van der Waals surface area contributed by atoms with Crippen molar-refractivity contribution in [3.63, 3.8) is 0 Å². The molecule has 3 heteroatoms. The molecule has 2 radical (unpaired) electrons. The molecule has 0 unspecified atom stereocenters. The molecule has 0 amide bonds. The van der Waals surface area contributed by atoms with E-state index in [0.717, 1.165) is 0 Å². The Morgan fingerprint density at radius 1 is 2.00 bits per heavy atom. The summed E-state index contributed by atoms with van der Waals surface area (Å²) in [6.45, 7) is 2.78. The van der Waals surface area contributed by atoms with Crippen LogP contribution >= 0.6 is 0 Å². The third-order valence-electron chi connectivity index (χ3n) is 0.426. The van der Waals surface area contributed by atoms with Gasteiger partial charge in [-0.1, -0.05) is 0 Å². The highest BCUT2D eigenvalue weighted by atomic mass is 16.5. The minimum absolute atomic E-state index is 0.396. The Morgan fingerprint density at radius 2 is 3.00 bits per heavy atom. The molecule has 0 atom stereocenters. The van der Waals surface area contributed by atoms with Gasteiger partial charge >= 0.3 is 0 Å². The molecule has 0 fully saturated rings. The zero-order valence-electron chi connectivity index (χ0n) is 3.14. The topological polar surface area (TPSA) is 33.6 Å². The van der Waals surface area contributed by atoms with Gasteiger partial charge in [-0.05, 0) is 0 Å².